The summed E-state index contributed by atoms with van der Waals surface area (Å²) in [7, 11) is 0. The molecule has 0 aliphatic carbocycles. The van der Waals surface area contributed by atoms with Crippen LogP contribution in [0.1, 0.15) is 44.5 Å². The summed E-state index contributed by atoms with van der Waals surface area (Å²) in [5.41, 5.74) is -30.1. The fourth-order valence-corrected chi connectivity index (χ4v) is 9.65. The number of nitrogens with zero attached hydrogens (tertiary/aromatic N) is 3. The fraction of sp³-hybridized carbons (Fsp3) is 0.148. The highest BCUT2D eigenvalue weighted by Gasteiger charge is 2.47. The molecule has 0 N–H and O–H groups in total. The second-order valence-electron chi connectivity index (χ2n) is 18.6. The lowest BCUT2D eigenvalue weighted by Gasteiger charge is -2.46. The van der Waals surface area contributed by atoms with Gasteiger partial charge in [0.05, 0.1) is 72.6 Å². The van der Waals surface area contributed by atoms with Crippen molar-refractivity contribution < 1.29 is 120 Å². The van der Waals surface area contributed by atoms with Crippen molar-refractivity contribution in [3.63, 3.8) is 0 Å². The summed E-state index contributed by atoms with van der Waals surface area (Å²) in [6.45, 7) is 0. The quantitative estimate of drug-likeness (QED) is 0.0398. The summed E-state index contributed by atoms with van der Waals surface area (Å²) in [6.07, 6.45) is -48.2. The monoisotopic (exact) mass is 1230 g/mol. The molecule has 446 valence electrons. The second-order valence-corrected chi connectivity index (χ2v) is 18.6. The lowest BCUT2D eigenvalue weighted by atomic mass is 9.12. The second kappa shape index (κ2) is 21.4. The molecule has 8 aromatic carbocycles. The van der Waals surface area contributed by atoms with Crippen molar-refractivity contribution in [3.8, 4) is 5.75 Å². The van der Waals surface area contributed by atoms with E-state index in [1.165, 1.54) is 4.73 Å². The molecule has 0 aliphatic rings. The summed E-state index contributed by atoms with van der Waals surface area (Å²) < 4.78 is 342. The lowest BCUT2D eigenvalue weighted by Crippen LogP contribution is -2.75. The Hall–Kier alpha value is -8.80. The van der Waals surface area contributed by atoms with E-state index in [1.54, 1.807) is 30.9 Å². The highest BCUT2D eigenvalue weighted by atomic mass is 19.4. The Morgan fingerprint density at radius 2 is 0.635 bits per heavy atom. The Morgan fingerprint density at radius 1 is 0.365 bits per heavy atom. The van der Waals surface area contributed by atoms with E-state index < -0.39 is 195 Å². The Balaban J connectivity index is 0.000000276. The predicted octanol–water partition coefficient (Wildman–Crippen LogP) is 15.8. The van der Waals surface area contributed by atoms with Gasteiger partial charge in [-0.05, 0) is 53.2 Å². The van der Waals surface area contributed by atoms with Crippen LogP contribution in [-0.2, 0) is 49.4 Å². The Kier molecular flexibility index (Phi) is 15.7. The number of rotatable bonds is 7. The zero-order valence-corrected chi connectivity index (χ0v) is 41.2. The van der Waals surface area contributed by atoms with Gasteiger partial charge in [0.15, 0.2) is 0 Å². The van der Waals surface area contributed by atoms with Gasteiger partial charge in [-0.15, -0.1) is 0 Å². The maximum atomic E-state index is 14.2. The summed E-state index contributed by atoms with van der Waals surface area (Å²) in [6, 6.07) is 10.0. The molecule has 0 amide bonds. The zero-order chi connectivity index (χ0) is 63.0. The zero-order valence-electron chi connectivity index (χ0n) is 41.2. The molecule has 31 heteroatoms. The van der Waals surface area contributed by atoms with Gasteiger partial charge in [0.2, 0.25) is 18.1 Å². The average molecular weight is 1230 g/mol. The molecule has 0 bridgehead atoms. The van der Waals surface area contributed by atoms with Gasteiger partial charge in [-0.25, -0.2) is 4.84 Å². The molecule has 1 aromatic heterocycles. The Bertz CT molecular complexity index is 3600. The first-order chi connectivity index (χ1) is 39.0. The van der Waals surface area contributed by atoms with Crippen LogP contribution in [0.25, 0.3) is 32.3 Å². The van der Waals surface area contributed by atoms with Gasteiger partial charge in [-0.2, -0.15) is 127 Å². The number of benzene rings is 8. The number of non-ortho nitro benzene ring substituents is 1. The first kappa shape index (κ1) is 62.3. The van der Waals surface area contributed by atoms with Gasteiger partial charge in [0.25, 0.3) is 5.69 Å². The Morgan fingerprint density at radius 3 is 0.929 bits per heavy atom. The highest BCUT2D eigenvalue weighted by Crippen LogP contribution is 2.45. The van der Waals surface area contributed by atoms with Crippen LogP contribution in [0.15, 0.2) is 158 Å². The number of halogens is 24. The molecule has 0 fully saturated rings. The predicted molar refractivity (Wildman–Crippen MR) is 256 cm³/mol. The topological polar surface area (TPSA) is 69.1 Å². The van der Waals surface area contributed by atoms with Crippen LogP contribution in [0.3, 0.4) is 0 Å². The van der Waals surface area contributed by atoms with Crippen LogP contribution in [0.5, 0.6) is 5.75 Å². The molecule has 0 spiro atoms. The van der Waals surface area contributed by atoms with Crippen molar-refractivity contribution in [2.45, 2.75) is 49.4 Å². The van der Waals surface area contributed by atoms with E-state index in [1.807, 2.05) is 54.6 Å². The standard InChI is InChI=1S/C32H12BF24.C22H14N3O3/c34-25(35,36)13-1-14(26(37,38)39)6-21(5-13)33(22-7-15(27(40,41)42)2-16(8-22)28(43,44)45,23-9-17(29(46,47)48)3-18(10-23)30(49,50)51)24-11-19(31(52,53)54)4-20(12-24)32(55,56)57;26-25(27)21-17-7-3-1-5-15(17)14-20-19(21)13-16-6-2-4-8-18(16)22(20)28-24-11-9-23-10-12-24/h1-12H;1-14H/q-1;+1. The lowest BCUT2D eigenvalue weighted by molar-refractivity contribution is -0.874. The van der Waals surface area contributed by atoms with Crippen LogP contribution in [0.2, 0.25) is 0 Å². The van der Waals surface area contributed by atoms with Crippen LogP contribution in [-0.4, -0.2) is 16.1 Å². The molecule has 85 heavy (non-hydrogen) atoms. The van der Waals surface area contributed by atoms with Crippen molar-refractivity contribution in [3.05, 3.63) is 213 Å². The molecular formula is C54H26BF24N3O3. The molecule has 1 heterocycles. The first-order valence-corrected chi connectivity index (χ1v) is 23.4. The largest absolute Gasteiger partial charge is 0.416 e. The molecule has 9 rings (SSSR count). The van der Waals surface area contributed by atoms with Crippen LogP contribution >= 0.6 is 0 Å². The van der Waals surface area contributed by atoms with E-state index in [4.69, 9.17) is 4.84 Å². The minimum Gasteiger partial charge on any atom is -0.258 e. The third kappa shape index (κ3) is 12.8. The average Bonchev–Trinajstić information content (AvgIpc) is 0.860. The van der Waals surface area contributed by atoms with E-state index in [0.29, 0.717) is 21.9 Å². The van der Waals surface area contributed by atoms with E-state index in [0.717, 1.165) is 16.2 Å². The summed E-state index contributed by atoms with van der Waals surface area (Å²) >= 11 is 0. The van der Waals surface area contributed by atoms with Crippen molar-refractivity contribution >= 4 is 66.0 Å². The normalized spacial score (nSPS) is 13.3. The highest BCUT2D eigenvalue weighted by molar-refractivity contribution is 7.20. The third-order valence-corrected chi connectivity index (χ3v) is 13.2. The van der Waals surface area contributed by atoms with E-state index >= 15 is 0 Å². The van der Waals surface area contributed by atoms with Gasteiger partial charge in [0, 0.05) is 15.5 Å². The number of alkyl halides is 24. The van der Waals surface area contributed by atoms with Gasteiger partial charge >= 0.3 is 49.4 Å². The maximum Gasteiger partial charge on any atom is 0.416 e. The summed E-state index contributed by atoms with van der Waals surface area (Å²) in [4.78, 5) is 21.8. The van der Waals surface area contributed by atoms with Crippen LogP contribution < -0.4 is 31.4 Å². The number of hydrogen-bond donors (Lipinski definition) is 0. The van der Waals surface area contributed by atoms with Gasteiger partial charge in [0.1, 0.15) is 6.15 Å². The van der Waals surface area contributed by atoms with Crippen molar-refractivity contribution in [2.24, 2.45) is 0 Å². The van der Waals surface area contributed by atoms with Gasteiger partial charge < -0.3 is 0 Å². The minimum absolute atomic E-state index is 0.0865. The van der Waals surface area contributed by atoms with Gasteiger partial charge in [-0.3, -0.25) is 15.1 Å². The minimum atomic E-state index is -6.13. The Labute approximate surface area is 458 Å². The molecule has 0 radical (unpaired) electrons. The fourth-order valence-electron chi connectivity index (χ4n) is 9.65. The van der Waals surface area contributed by atoms with Crippen molar-refractivity contribution in [2.75, 3.05) is 0 Å². The molecule has 0 saturated heterocycles. The third-order valence-electron chi connectivity index (χ3n) is 13.2. The molecule has 6 nitrogen and oxygen atoms in total. The molecule has 0 saturated carbocycles. The smallest absolute Gasteiger partial charge is 0.258 e. The van der Waals surface area contributed by atoms with E-state index in [9.17, 15) is 115 Å². The van der Waals surface area contributed by atoms with E-state index in [-0.39, 0.29) is 10.6 Å². The van der Waals surface area contributed by atoms with Crippen LogP contribution in [0.4, 0.5) is 111 Å². The number of aromatic nitrogens is 2. The number of nitro groups is 1. The summed E-state index contributed by atoms with van der Waals surface area (Å²) in [5.74, 6) is 0.568. The number of hydrogen-bond acceptors (Lipinski definition) is 4. The number of nitro benzene ring substituents is 1. The molecular weight excluding hydrogens is 1210 g/mol. The first-order valence-electron chi connectivity index (χ1n) is 23.4. The molecule has 0 unspecified atom stereocenters. The maximum absolute atomic E-state index is 14.2. The molecule has 0 aliphatic heterocycles. The van der Waals surface area contributed by atoms with Crippen molar-refractivity contribution in [1.82, 2.24) is 4.98 Å². The van der Waals surface area contributed by atoms with Crippen molar-refractivity contribution in [1.29, 1.82) is 0 Å². The van der Waals surface area contributed by atoms with Crippen LogP contribution in [0, 0.1) is 10.1 Å². The van der Waals surface area contributed by atoms with Gasteiger partial charge in [-0.1, -0.05) is 91.0 Å². The summed E-state index contributed by atoms with van der Waals surface area (Å²) in [5, 5.41) is 16.4. The molecule has 0 atom stereocenters. The molecule has 9 aromatic rings. The number of fused-ring (bicyclic) bond motifs is 3. The van der Waals surface area contributed by atoms with E-state index in [2.05, 4.69) is 4.98 Å². The SMILES string of the molecule is FC(F)(F)c1cc([B-](c2cc(C(F)(F)F)cc(C(F)(F)F)c2)(c2cc(C(F)(F)F)cc(C(F)(F)F)c2)c2cc(C(F)(F)F)cc(C(F)(F)F)c2)cc(C(F)(F)F)c1.O=[N+]([O-])c1c2ccccc2cc2c(O[n+]3ccncc3)c3ccccc3cc12.